The first-order chi connectivity index (χ1) is 15.2. The van der Waals surface area contributed by atoms with Gasteiger partial charge < -0.3 is 19.1 Å². The Bertz CT molecular complexity index is 573. The third kappa shape index (κ3) is 22.8. The van der Waals surface area contributed by atoms with Crippen molar-refractivity contribution in [2.24, 2.45) is 0 Å². The molecule has 0 heterocycles. The van der Waals surface area contributed by atoms with E-state index in [4.69, 9.17) is 4.74 Å². The summed E-state index contributed by atoms with van der Waals surface area (Å²) in [5, 5.41) is 10.9. The van der Waals surface area contributed by atoms with Gasteiger partial charge in [0.15, 0.2) is 6.10 Å². The molecule has 32 heavy (non-hydrogen) atoms. The SMILES string of the molecule is CCCCCCCCCCCCCC=CC=CC=CC(=O)OC(CC(=O)[O-])C[N+](C)(C)C. The predicted octanol–water partition coefficient (Wildman–Crippen LogP) is 5.11. The number of hydrogen-bond acceptors (Lipinski definition) is 4. The van der Waals surface area contributed by atoms with Crippen LogP contribution in [-0.2, 0) is 14.3 Å². The van der Waals surface area contributed by atoms with Gasteiger partial charge >= 0.3 is 5.97 Å². The molecule has 0 saturated heterocycles. The standard InChI is InChI=1S/C27H47NO4/c1-5-6-7-8-9-10-11-12-13-14-15-16-17-18-19-20-21-22-27(31)32-25(23-26(29)30)24-28(2,3)4/h17-22,25H,5-16,23-24H2,1-4H3. The fourth-order valence-corrected chi connectivity index (χ4v) is 3.51. The number of quaternary nitrogens is 1. The highest BCUT2D eigenvalue weighted by Gasteiger charge is 2.21. The van der Waals surface area contributed by atoms with Gasteiger partial charge in [-0.05, 0) is 12.8 Å². The summed E-state index contributed by atoms with van der Waals surface area (Å²) >= 11 is 0. The minimum absolute atomic E-state index is 0.299. The van der Waals surface area contributed by atoms with Crippen molar-refractivity contribution in [3.8, 4) is 0 Å². The maximum atomic E-state index is 11.9. The van der Waals surface area contributed by atoms with Gasteiger partial charge in [-0.25, -0.2) is 4.79 Å². The number of carboxylic acid groups (broad SMARTS) is 1. The lowest BCUT2D eigenvalue weighted by molar-refractivity contribution is -0.873. The highest BCUT2D eigenvalue weighted by atomic mass is 16.5. The van der Waals surface area contributed by atoms with Crippen LogP contribution in [0.3, 0.4) is 0 Å². The lowest BCUT2D eigenvalue weighted by atomic mass is 10.1. The number of rotatable bonds is 20. The summed E-state index contributed by atoms with van der Waals surface area (Å²) in [5.74, 6) is -1.76. The summed E-state index contributed by atoms with van der Waals surface area (Å²) < 4.78 is 5.75. The van der Waals surface area contributed by atoms with E-state index in [0.29, 0.717) is 11.0 Å². The van der Waals surface area contributed by atoms with Crippen LogP contribution in [0.15, 0.2) is 36.5 Å². The Kier molecular flexibility index (Phi) is 18.6. The number of hydrogen-bond donors (Lipinski definition) is 0. The van der Waals surface area contributed by atoms with Crippen LogP contribution in [0.25, 0.3) is 0 Å². The van der Waals surface area contributed by atoms with Crippen molar-refractivity contribution in [1.82, 2.24) is 0 Å². The van der Waals surface area contributed by atoms with Gasteiger partial charge in [0.25, 0.3) is 0 Å². The molecular weight excluding hydrogens is 402 g/mol. The molecule has 0 aromatic rings. The summed E-state index contributed by atoms with van der Waals surface area (Å²) in [6.45, 7) is 2.67. The molecule has 0 aliphatic carbocycles. The first-order valence-electron chi connectivity index (χ1n) is 12.5. The highest BCUT2D eigenvalue weighted by molar-refractivity contribution is 5.82. The van der Waals surface area contributed by atoms with Crippen LogP contribution < -0.4 is 5.11 Å². The Morgan fingerprint density at radius 1 is 0.812 bits per heavy atom. The number of allylic oxidation sites excluding steroid dienone is 5. The second kappa shape index (κ2) is 19.8. The van der Waals surface area contributed by atoms with E-state index < -0.39 is 18.0 Å². The largest absolute Gasteiger partial charge is 0.550 e. The summed E-state index contributed by atoms with van der Waals surface area (Å²) in [6.07, 6.45) is 25.7. The van der Waals surface area contributed by atoms with Gasteiger partial charge in [0.1, 0.15) is 6.54 Å². The number of carbonyl (C=O) groups excluding carboxylic acids is 2. The van der Waals surface area contributed by atoms with E-state index in [1.165, 1.54) is 76.7 Å². The van der Waals surface area contributed by atoms with Crippen molar-refractivity contribution in [2.75, 3.05) is 27.7 Å². The molecule has 0 N–H and O–H groups in total. The molecule has 0 bridgehead atoms. The zero-order valence-electron chi connectivity index (χ0n) is 21.0. The topological polar surface area (TPSA) is 66.4 Å². The second-order valence-electron chi connectivity index (χ2n) is 9.60. The first kappa shape index (κ1) is 30.1. The van der Waals surface area contributed by atoms with Crippen molar-refractivity contribution in [3.63, 3.8) is 0 Å². The second-order valence-corrected chi connectivity index (χ2v) is 9.60. The minimum Gasteiger partial charge on any atom is -0.550 e. The highest BCUT2D eigenvalue weighted by Crippen LogP contribution is 2.12. The minimum atomic E-state index is -1.22. The van der Waals surface area contributed by atoms with E-state index in [2.05, 4.69) is 13.0 Å². The molecule has 0 amide bonds. The molecule has 0 aliphatic heterocycles. The molecule has 0 rings (SSSR count). The van der Waals surface area contributed by atoms with Crippen molar-refractivity contribution < 1.29 is 23.9 Å². The average Bonchev–Trinajstić information content (AvgIpc) is 2.68. The van der Waals surface area contributed by atoms with Gasteiger partial charge in [-0.2, -0.15) is 0 Å². The molecule has 0 aromatic heterocycles. The van der Waals surface area contributed by atoms with Gasteiger partial charge in [-0.3, -0.25) is 0 Å². The molecule has 0 radical (unpaired) electrons. The van der Waals surface area contributed by atoms with E-state index in [0.717, 1.165) is 6.42 Å². The van der Waals surface area contributed by atoms with Crippen molar-refractivity contribution in [2.45, 2.75) is 96.5 Å². The molecule has 0 fully saturated rings. The molecule has 184 valence electrons. The van der Waals surface area contributed by atoms with E-state index in [1.54, 1.807) is 12.2 Å². The summed E-state index contributed by atoms with van der Waals surface area (Å²) in [5.41, 5.74) is 0. The van der Waals surface area contributed by atoms with Gasteiger partial charge in [0, 0.05) is 18.5 Å². The van der Waals surface area contributed by atoms with Crippen molar-refractivity contribution >= 4 is 11.9 Å². The molecule has 0 aromatic carbocycles. The maximum absolute atomic E-state index is 11.9. The van der Waals surface area contributed by atoms with Crippen LogP contribution in [0.1, 0.15) is 90.4 Å². The Labute approximate surface area is 196 Å². The Balaban J connectivity index is 3.84. The summed E-state index contributed by atoms with van der Waals surface area (Å²) in [6, 6.07) is 0. The number of carboxylic acids is 1. The van der Waals surface area contributed by atoms with Crippen LogP contribution in [0.5, 0.6) is 0 Å². The quantitative estimate of drug-likeness (QED) is 0.0851. The van der Waals surface area contributed by atoms with E-state index >= 15 is 0 Å². The van der Waals surface area contributed by atoms with E-state index in [1.807, 2.05) is 33.3 Å². The van der Waals surface area contributed by atoms with Crippen LogP contribution >= 0.6 is 0 Å². The molecule has 1 atom stereocenters. The molecule has 1 unspecified atom stereocenters. The third-order valence-electron chi connectivity index (χ3n) is 5.10. The number of esters is 1. The molecule has 0 aliphatic rings. The third-order valence-corrected chi connectivity index (χ3v) is 5.10. The van der Waals surface area contributed by atoms with Gasteiger partial charge in [0.05, 0.1) is 21.1 Å². The average molecular weight is 450 g/mol. The molecule has 0 spiro atoms. The Hall–Kier alpha value is -1.88. The van der Waals surface area contributed by atoms with Gasteiger partial charge in [-0.1, -0.05) is 102 Å². The fraction of sp³-hybridized carbons (Fsp3) is 0.704. The van der Waals surface area contributed by atoms with Crippen molar-refractivity contribution in [1.29, 1.82) is 0 Å². The normalized spacial score (nSPS) is 13.4. The molecular formula is C27H47NO4. The predicted molar refractivity (Wildman–Crippen MR) is 131 cm³/mol. The maximum Gasteiger partial charge on any atom is 0.331 e. The zero-order chi connectivity index (χ0) is 24.1. The lowest BCUT2D eigenvalue weighted by Crippen LogP contribution is -2.45. The molecule has 5 heteroatoms. The number of nitrogens with zero attached hydrogens (tertiary/aromatic N) is 1. The van der Waals surface area contributed by atoms with E-state index in [9.17, 15) is 14.7 Å². The zero-order valence-corrected chi connectivity index (χ0v) is 21.0. The number of aliphatic carboxylic acids is 1. The number of ether oxygens (including phenoxy) is 1. The molecule has 5 nitrogen and oxygen atoms in total. The van der Waals surface area contributed by atoms with E-state index in [-0.39, 0.29) is 6.42 Å². The number of unbranched alkanes of at least 4 members (excludes halogenated alkanes) is 11. The monoisotopic (exact) mass is 449 g/mol. The Morgan fingerprint density at radius 2 is 1.34 bits per heavy atom. The van der Waals surface area contributed by atoms with Crippen LogP contribution in [0.4, 0.5) is 0 Å². The van der Waals surface area contributed by atoms with Crippen LogP contribution in [0, 0.1) is 0 Å². The first-order valence-corrected chi connectivity index (χ1v) is 12.5. The summed E-state index contributed by atoms with van der Waals surface area (Å²) in [4.78, 5) is 22.8. The number of likely N-dealkylation sites (N-methyl/N-ethyl adjacent to an activating group) is 1. The van der Waals surface area contributed by atoms with Crippen LogP contribution in [0.2, 0.25) is 0 Å². The Morgan fingerprint density at radius 3 is 1.88 bits per heavy atom. The van der Waals surface area contributed by atoms with Gasteiger partial charge in [-0.15, -0.1) is 0 Å². The van der Waals surface area contributed by atoms with Crippen LogP contribution in [-0.4, -0.2) is 50.2 Å². The lowest BCUT2D eigenvalue weighted by Gasteiger charge is -2.28. The fourth-order valence-electron chi connectivity index (χ4n) is 3.51. The molecule has 0 saturated carbocycles. The summed E-state index contributed by atoms with van der Waals surface area (Å²) in [7, 11) is 5.74. The van der Waals surface area contributed by atoms with Gasteiger partial charge in [0.2, 0.25) is 0 Å². The smallest absolute Gasteiger partial charge is 0.331 e. The van der Waals surface area contributed by atoms with Crippen molar-refractivity contribution in [3.05, 3.63) is 36.5 Å². The number of carbonyl (C=O) groups is 2.